The van der Waals surface area contributed by atoms with Crippen molar-refractivity contribution in [2.24, 2.45) is 0 Å². The summed E-state index contributed by atoms with van der Waals surface area (Å²) in [5.74, 6) is 0.386. The number of alkyl halides is 3. The van der Waals surface area contributed by atoms with Gasteiger partial charge in [-0.3, -0.25) is 0 Å². The number of hydrogen-bond donors (Lipinski definition) is 0. The lowest BCUT2D eigenvalue weighted by atomic mass is 10.1. The lowest BCUT2D eigenvalue weighted by Crippen LogP contribution is -2.05. The number of hydrogen-bond acceptors (Lipinski definition) is 2. The summed E-state index contributed by atoms with van der Waals surface area (Å²) in [5, 5.41) is 9.34. The lowest BCUT2D eigenvalue weighted by molar-refractivity contribution is -0.137. The van der Waals surface area contributed by atoms with Crippen LogP contribution in [0.1, 0.15) is 11.1 Å². The van der Waals surface area contributed by atoms with Crippen molar-refractivity contribution in [3.05, 3.63) is 58.6 Å². The van der Waals surface area contributed by atoms with Gasteiger partial charge in [0, 0.05) is 5.02 Å². The number of ether oxygens (including phenoxy) is 1. The first kappa shape index (κ1) is 14.2. The molecule has 2 aromatic carbocycles. The molecule has 2 aromatic rings. The van der Waals surface area contributed by atoms with Gasteiger partial charge in [-0.1, -0.05) is 17.7 Å². The SMILES string of the molecule is N#Cc1cc(C(F)(F)F)ccc1Oc1cccc(Cl)c1. The molecule has 0 N–H and O–H groups in total. The van der Waals surface area contributed by atoms with Gasteiger partial charge in [-0.05, 0) is 36.4 Å². The van der Waals surface area contributed by atoms with E-state index < -0.39 is 11.7 Å². The molecule has 0 heterocycles. The minimum absolute atomic E-state index is 0.0442. The van der Waals surface area contributed by atoms with E-state index >= 15 is 0 Å². The number of benzene rings is 2. The first-order valence-corrected chi connectivity index (χ1v) is 5.83. The fourth-order valence-electron chi connectivity index (χ4n) is 1.54. The van der Waals surface area contributed by atoms with E-state index in [1.165, 1.54) is 6.07 Å². The van der Waals surface area contributed by atoms with Crippen LogP contribution >= 0.6 is 11.6 Å². The van der Waals surface area contributed by atoms with Crippen LogP contribution in [0.5, 0.6) is 11.5 Å². The fourth-order valence-corrected chi connectivity index (χ4v) is 1.72. The topological polar surface area (TPSA) is 33.0 Å². The van der Waals surface area contributed by atoms with Crippen molar-refractivity contribution < 1.29 is 17.9 Å². The predicted molar refractivity (Wildman–Crippen MR) is 67.7 cm³/mol. The number of halogens is 4. The van der Waals surface area contributed by atoms with Crippen molar-refractivity contribution in [2.45, 2.75) is 6.18 Å². The molecule has 2 nitrogen and oxygen atoms in total. The maximum absolute atomic E-state index is 12.5. The summed E-state index contributed by atoms with van der Waals surface area (Å²) in [6.07, 6.45) is -4.50. The summed E-state index contributed by atoms with van der Waals surface area (Å²) in [6.45, 7) is 0. The largest absolute Gasteiger partial charge is 0.456 e. The third kappa shape index (κ3) is 3.22. The minimum atomic E-state index is -4.50. The van der Waals surface area contributed by atoms with E-state index in [0.717, 1.165) is 18.2 Å². The molecule has 0 unspecified atom stereocenters. The van der Waals surface area contributed by atoms with Crippen LogP contribution in [0.2, 0.25) is 5.02 Å². The Morgan fingerprint density at radius 1 is 1.10 bits per heavy atom. The van der Waals surface area contributed by atoms with Crippen molar-refractivity contribution in [3.8, 4) is 17.6 Å². The summed E-state index contributed by atoms with van der Waals surface area (Å²) in [4.78, 5) is 0. The van der Waals surface area contributed by atoms with Gasteiger partial charge in [0.1, 0.15) is 17.6 Å². The Morgan fingerprint density at radius 3 is 2.45 bits per heavy atom. The average molecular weight is 298 g/mol. The molecule has 0 bridgehead atoms. The van der Waals surface area contributed by atoms with Crippen LogP contribution in [-0.2, 0) is 6.18 Å². The first-order chi connectivity index (χ1) is 9.40. The maximum Gasteiger partial charge on any atom is 0.416 e. The molecular weight excluding hydrogens is 291 g/mol. The number of nitriles is 1. The molecule has 0 amide bonds. The molecule has 0 fully saturated rings. The van der Waals surface area contributed by atoms with E-state index in [0.29, 0.717) is 10.8 Å². The molecule has 0 aliphatic carbocycles. The Hall–Kier alpha value is -2.19. The highest BCUT2D eigenvalue weighted by Gasteiger charge is 2.31. The number of nitrogens with zero attached hydrogens (tertiary/aromatic N) is 1. The fraction of sp³-hybridized carbons (Fsp3) is 0.0714. The van der Waals surface area contributed by atoms with Crippen molar-refractivity contribution in [1.29, 1.82) is 5.26 Å². The zero-order valence-electron chi connectivity index (χ0n) is 9.91. The van der Waals surface area contributed by atoms with Gasteiger partial charge in [0.05, 0.1) is 11.1 Å². The maximum atomic E-state index is 12.5. The van der Waals surface area contributed by atoms with Crippen LogP contribution in [0, 0.1) is 11.3 Å². The van der Waals surface area contributed by atoms with Crippen LogP contribution in [0.15, 0.2) is 42.5 Å². The van der Waals surface area contributed by atoms with E-state index in [4.69, 9.17) is 21.6 Å². The van der Waals surface area contributed by atoms with Crippen LogP contribution in [0.25, 0.3) is 0 Å². The third-order valence-corrected chi connectivity index (χ3v) is 2.69. The zero-order chi connectivity index (χ0) is 14.8. The Balaban J connectivity index is 2.36. The highest BCUT2D eigenvalue weighted by Crippen LogP contribution is 2.34. The molecule has 20 heavy (non-hydrogen) atoms. The van der Waals surface area contributed by atoms with E-state index in [1.807, 2.05) is 0 Å². The Kier molecular flexibility index (Phi) is 3.86. The highest BCUT2D eigenvalue weighted by atomic mass is 35.5. The normalized spacial score (nSPS) is 10.9. The van der Waals surface area contributed by atoms with E-state index in [2.05, 4.69) is 0 Å². The second-order valence-corrected chi connectivity index (χ2v) is 4.32. The van der Waals surface area contributed by atoms with Crippen LogP contribution < -0.4 is 4.74 Å². The Labute approximate surface area is 118 Å². The highest BCUT2D eigenvalue weighted by molar-refractivity contribution is 6.30. The quantitative estimate of drug-likeness (QED) is 0.779. The molecule has 0 spiro atoms. The van der Waals surface area contributed by atoms with Gasteiger partial charge in [-0.2, -0.15) is 18.4 Å². The van der Waals surface area contributed by atoms with E-state index in [-0.39, 0.29) is 11.3 Å². The molecule has 0 radical (unpaired) electrons. The Bertz CT molecular complexity index is 677. The third-order valence-electron chi connectivity index (χ3n) is 2.45. The van der Waals surface area contributed by atoms with Gasteiger partial charge < -0.3 is 4.74 Å². The molecule has 0 aliphatic rings. The van der Waals surface area contributed by atoms with Crippen LogP contribution in [0.4, 0.5) is 13.2 Å². The lowest BCUT2D eigenvalue weighted by Gasteiger charge is -2.11. The van der Waals surface area contributed by atoms with Gasteiger partial charge in [-0.15, -0.1) is 0 Å². The van der Waals surface area contributed by atoms with Crippen molar-refractivity contribution in [1.82, 2.24) is 0 Å². The van der Waals surface area contributed by atoms with Gasteiger partial charge in [0.2, 0.25) is 0 Å². The van der Waals surface area contributed by atoms with Crippen LogP contribution in [0.3, 0.4) is 0 Å². The zero-order valence-corrected chi connectivity index (χ0v) is 10.7. The molecule has 0 atom stereocenters. The molecule has 102 valence electrons. The van der Waals surface area contributed by atoms with Crippen molar-refractivity contribution in [2.75, 3.05) is 0 Å². The molecule has 6 heteroatoms. The van der Waals surface area contributed by atoms with Crippen molar-refractivity contribution >= 4 is 11.6 Å². The summed E-state index contributed by atoms with van der Waals surface area (Å²) in [5.41, 5.74) is -1.09. The van der Waals surface area contributed by atoms with Gasteiger partial charge in [0.15, 0.2) is 0 Å². The predicted octanol–water partition coefficient (Wildman–Crippen LogP) is 5.02. The van der Waals surface area contributed by atoms with E-state index in [1.54, 1.807) is 24.3 Å². The molecular formula is C14H7ClF3NO. The first-order valence-electron chi connectivity index (χ1n) is 5.45. The molecule has 0 saturated heterocycles. The number of rotatable bonds is 2. The average Bonchev–Trinajstić information content (AvgIpc) is 2.38. The van der Waals surface area contributed by atoms with Gasteiger partial charge >= 0.3 is 6.18 Å². The summed E-state index contributed by atoms with van der Waals surface area (Å²) in [7, 11) is 0. The molecule has 0 saturated carbocycles. The second kappa shape index (κ2) is 5.43. The van der Waals surface area contributed by atoms with Crippen LogP contribution in [-0.4, -0.2) is 0 Å². The minimum Gasteiger partial charge on any atom is -0.456 e. The summed E-state index contributed by atoms with van der Waals surface area (Å²) in [6, 6.07) is 10.8. The standard InChI is InChI=1S/C14H7ClF3NO/c15-11-2-1-3-12(7-11)20-13-5-4-10(14(16,17)18)6-9(13)8-19/h1-7H. The van der Waals surface area contributed by atoms with Crippen molar-refractivity contribution in [3.63, 3.8) is 0 Å². The molecule has 2 rings (SSSR count). The van der Waals surface area contributed by atoms with E-state index in [9.17, 15) is 13.2 Å². The van der Waals surface area contributed by atoms with Gasteiger partial charge in [0.25, 0.3) is 0 Å². The monoisotopic (exact) mass is 297 g/mol. The smallest absolute Gasteiger partial charge is 0.416 e. The molecule has 0 aliphatic heterocycles. The second-order valence-electron chi connectivity index (χ2n) is 3.88. The summed E-state index contributed by atoms with van der Waals surface area (Å²) < 4.78 is 43.0. The van der Waals surface area contributed by atoms with Gasteiger partial charge in [-0.25, -0.2) is 0 Å². The summed E-state index contributed by atoms with van der Waals surface area (Å²) >= 11 is 5.78. The molecule has 0 aromatic heterocycles. The Morgan fingerprint density at radius 2 is 1.85 bits per heavy atom.